The average molecular weight is 331 g/mol. The van der Waals surface area contributed by atoms with E-state index in [0.29, 0.717) is 10.9 Å². The minimum atomic E-state index is -0.907. The number of halogens is 1. The normalized spacial score (nSPS) is 23.9. The summed E-state index contributed by atoms with van der Waals surface area (Å²) in [5.74, 6) is 1.25. The van der Waals surface area contributed by atoms with E-state index in [1.54, 1.807) is 12.3 Å². The van der Waals surface area contributed by atoms with Gasteiger partial charge in [-0.2, -0.15) is 0 Å². The van der Waals surface area contributed by atoms with Gasteiger partial charge in [-0.25, -0.2) is 0 Å². The third kappa shape index (κ3) is 2.66. The highest BCUT2D eigenvalue weighted by molar-refractivity contribution is 6.30. The second-order valence-electron chi connectivity index (χ2n) is 6.21. The molecule has 0 radical (unpaired) electrons. The highest BCUT2D eigenvalue weighted by atomic mass is 35.5. The number of para-hydroxylation sites is 1. The zero-order chi connectivity index (χ0) is 15.9. The SMILES string of the molecule is C[C@@]1(c2ccc(Cl)cn2)Oc2cccc(C3CCNCC3)c2O1. The fourth-order valence-electron chi connectivity index (χ4n) is 3.35. The van der Waals surface area contributed by atoms with E-state index in [-0.39, 0.29) is 0 Å². The molecule has 1 atom stereocenters. The first-order valence-corrected chi connectivity index (χ1v) is 8.37. The molecular weight excluding hydrogens is 312 g/mol. The Labute approximate surface area is 140 Å². The van der Waals surface area contributed by atoms with Crippen molar-refractivity contribution >= 4 is 11.6 Å². The number of nitrogens with one attached hydrogen (secondary N) is 1. The third-order valence-corrected chi connectivity index (χ3v) is 4.81. The van der Waals surface area contributed by atoms with Gasteiger partial charge < -0.3 is 14.8 Å². The van der Waals surface area contributed by atoms with E-state index < -0.39 is 5.79 Å². The molecule has 120 valence electrons. The summed E-state index contributed by atoms with van der Waals surface area (Å²) in [4.78, 5) is 4.37. The summed E-state index contributed by atoms with van der Waals surface area (Å²) in [5, 5.41) is 4.01. The molecule has 23 heavy (non-hydrogen) atoms. The molecule has 0 aliphatic carbocycles. The second kappa shape index (κ2) is 5.69. The third-order valence-electron chi connectivity index (χ3n) is 4.58. The Kier molecular flexibility index (Phi) is 3.66. The number of ether oxygens (including phenoxy) is 2. The van der Waals surface area contributed by atoms with Gasteiger partial charge in [0.25, 0.3) is 5.79 Å². The number of hydrogen-bond donors (Lipinski definition) is 1. The van der Waals surface area contributed by atoms with Gasteiger partial charge in [0, 0.05) is 18.7 Å². The summed E-state index contributed by atoms with van der Waals surface area (Å²) >= 11 is 5.93. The van der Waals surface area contributed by atoms with Crippen LogP contribution in [0.3, 0.4) is 0 Å². The van der Waals surface area contributed by atoms with Crippen LogP contribution in [0.1, 0.15) is 36.9 Å². The quantitative estimate of drug-likeness (QED) is 0.908. The first-order valence-electron chi connectivity index (χ1n) is 7.99. The zero-order valence-corrected chi connectivity index (χ0v) is 13.8. The van der Waals surface area contributed by atoms with Crippen LogP contribution in [0.5, 0.6) is 11.5 Å². The van der Waals surface area contributed by atoms with Gasteiger partial charge in [0.05, 0.1) is 5.02 Å². The van der Waals surface area contributed by atoms with Crippen LogP contribution in [-0.4, -0.2) is 18.1 Å². The Morgan fingerprint density at radius 2 is 2.00 bits per heavy atom. The Bertz CT molecular complexity index is 713. The highest BCUT2D eigenvalue weighted by Gasteiger charge is 2.42. The maximum Gasteiger partial charge on any atom is 0.292 e. The van der Waals surface area contributed by atoms with E-state index in [1.165, 1.54) is 5.56 Å². The van der Waals surface area contributed by atoms with Crippen molar-refractivity contribution in [2.45, 2.75) is 31.5 Å². The molecule has 0 unspecified atom stereocenters. The summed E-state index contributed by atoms with van der Waals surface area (Å²) in [6, 6.07) is 9.80. The molecule has 3 heterocycles. The van der Waals surface area contributed by atoms with Crippen LogP contribution in [0.25, 0.3) is 0 Å². The van der Waals surface area contributed by atoms with E-state index >= 15 is 0 Å². The number of nitrogens with zero attached hydrogens (tertiary/aromatic N) is 1. The maximum absolute atomic E-state index is 6.26. The van der Waals surface area contributed by atoms with E-state index in [2.05, 4.69) is 16.4 Å². The average Bonchev–Trinajstić information content (AvgIpc) is 2.93. The van der Waals surface area contributed by atoms with Crippen molar-refractivity contribution in [3.63, 3.8) is 0 Å². The van der Waals surface area contributed by atoms with Gasteiger partial charge in [0.2, 0.25) is 0 Å². The molecule has 2 aliphatic heterocycles. The van der Waals surface area contributed by atoms with Gasteiger partial charge in [-0.15, -0.1) is 0 Å². The van der Waals surface area contributed by atoms with Crippen LogP contribution in [0.4, 0.5) is 0 Å². The smallest absolute Gasteiger partial charge is 0.292 e. The van der Waals surface area contributed by atoms with Crippen molar-refractivity contribution < 1.29 is 9.47 Å². The van der Waals surface area contributed by atoms with Crippen LogP contribution in [0.15, 0.2) is 36.5 Å². The molecule has 2 aromatic rings. The lowest BCUT2D eigenvalue weighted by Crippen LogP contribution is -2.32. The molecule has 0 amide bonds. The number of benzene rings is 1. The van der Waals surface area contributed by atoms with Crippen molar-refractivity contribution in [3.8, 4) is 11.5 Å². The molecule has 1 saturated heterocycles. The number of rotatable bonds is 2. The first-order chi connectivity index (χ1) is 11.2. The predicted octanol–water partition coefficient (Wildman–Crippen LogP) is 3.85. The Balaban J connectivity index is 1.67. The molecule has 1 fully saturated rings. The number of aromatic nitrogens is 1. The lowest BCUT2D eigenvalue weighted by Gasteiger charge is -2.25. The first kappa shape index (κ1) is 14.8. The van der Waals surface area contributed by atoms with Crippen LogP contribution in [-0.2, 0) is 5.79 Å². The Morgan fingerprint density at radius 1 is 1.17 bits per heavy atom. The summed E-state index contributed by atoms with van der Waals surface area (Å²) in [6.07, 6.45) is 3.86. The number of fused-ring (bicyclic) bond motifs is 1. The van der Waals surface area contributed by atoms with Crippen molar-refractivity contribution in [1.82, 2.24) is 10.3 Å². The predicted molar refractivity (Wildman–Crippen MR) is 89.1 cm³/mol. The molecule has 4 nitrogen and oxygen atoms in total. The molecule has 0 spiro atoms. The molecule has 1 N–H and O–H groups in total. The van der Waals surface area contributed by atoms with Crippen LogP contribution >= 0.6 is 11.6 Å². The van der Waals surface area contributed by atoms with E-state index in [0.717, 1.165) is 43.1 Å². The van der Waals surface area contributed by atoms with E-state index in [4.69, 9.17) is 21.1 Å². The highest BCUT2D eigenvalue weighted by Crippen LogP contribution is 2.48. The molecule has 4 rings (SSSR count). The maximum atomic E-state index is 6.26. The van der Waals surface area contributed by atoms with Gasteiger partial charge in [-0.05, 0) is 50.0 Å². The van der Waals surface area contributed by atoms with Crippen LogP contribution in [0.2, 0.25) is 5.02 Å². The topological polar surface area (TPSA) is 43.4 Å². The van der Waals surface area contributed by atoms with Crippen molar-refractivity contribution in [3.05, 3.63) is 52.8 Å². The van der Waals surface area contributed by atoms with Crippen LogP contribution < -0.4 is 14.8 Å². The molecule has 0 bridgehead atoms. The van der Waals surface area contributed by atoms with Gasteiger partial charge in [0.15, 0.2) is 11.5 Å². The largest absolute Gasteiger partial charge is 0.443 e. The lowest BCUT2D eigenvalue weighted by molar-refractivity contribution is -0.0722. The zero-order valence-electron chi connectivity index (χ0n) is 13.0. The fourth-order valence-corrected chi connectivity index (χ4v) is 3.46. The molecule has 1 aromatic heterocycles. The summed E-state index contributed by atoms with van der Waals surface area (Å²) in [5.41, 5.74) is 1.95. The molecule has 5 heteroatoms. The molecule has 1 aromatic carbocycles. The summed E-state index contributed by atoms with van der Waals surface area (Å²) in [6.45, 7) is 3.99. The fraction of sp³-hybridized carbons (Fsp3) is 0.389. The lowest BCUT2D eigenvalue weighted by atomic mass is 9.89. The number of piperidine rings is 1. The summed E-state index contributed by atoms with van der Waals surface area (Å²) in [7, 11) is 0. The molecule has 2 aliphatic rings. The minimum absolute atomic E-state index is 0.510. The van der Waals surface area contributed by atoms with Crippen molar-refractivity contribution in [2.24, 2.45) is 0 Å². The second-order valence-corrected chi connectivity index (χ2v) is 6.65. The number of hydrogen-bond acceptors (Lipinski definition) is 4. The van der Waals surface area contributed by atoms with Crippen molar-refractivity contribution in [2.75, 3.05) is 13.1 Å². The number of pyridine rings is 1. The minimum Gasteiger partial charge on any atom is -0.443 e. The molecular formula is C18H19ClN2O2. The van der Waals surface area contributed by atoms with Gasteiger partial charge >= 0.3 is 0 Å². The van der Waals surface area contributed by atoms with E-state index in [9.17, 15) is 0 Å². The van der Waals surface area contributed by atoms with E-state index in [1.807, 2.05) is 25.1 Å². The van der Waals surface area contributed by atoms with Crippen molar-refractivity contribution in [1.29, 1.82) is 0 Å². The van der Waals surface area contributed by atoms with Gasteiger partial charge in [-0.1, -0.05) is 23.7 Å². The Morgan fingerprint density at radius 3 is 2.74 bits per heavy atom. The molecule has 0 saturated carbocycles. The van der Waals surface area contributed by atoms with Crippen LogP contribution in [0, 0.1) is 0 Å². The van der Waals surface area contributed by atoms with Gasteiger partial charge in [0.1, 0.15) is 5.69 Å². The summed E-state index contributed by atoms with van der Waals surface area (Å²) < 4.78 is 12.4. The monoisotopic (exact) mass is 330 g/mol. The standard InChI is InChI=1S/C18H19ClN2O2/c1-18(16-6-5-13(19)11-21-16)22-15-4-2-3-14(17(15)23-18)12-7-9-20-10-8-12/h2-6,11-12,20H,7-10H2,1H3/t18-/m1/s1. The Hall–Kier alpha value is -1.78. The van der Waals surface area contributed by atoms with Gasteiger partial charge in [-0.3, -0.25) is 4.98 Å².